The first-order chi connectivity index (χ1) is 17.2. The van der Waals surface area contributed by atoms with Crippen LogP contribution < -0.4 is 10.2 Å². The minimum Gasteiger partial charge on any atom is -0.339 e. The fraction of sp³-hybridized carbons (Fsp3) is 0.185. The Morgan fingerprint density at radius 1 is 1.00 bits per heavy atom. The minimum absolute atomic E-state index is 0.0863. The van der Waals surface area contributed by atoms with E-state index < -0.39 is 0 Å². The third-order valence-electron chi connectivity index (χ3n) is 6.67. The van der Waals surface area contributed by atoms with Crippen molar-refractivity contribution in [3.05, 3.63) is 85.3 Å². The highest BCUT2D eigenvalue weighted by Crippen LogP contribution is 2.25. The molecule has 1 saturated heterocycles. The molecule has 2 amide bonds. The van der Waals surface area contributed by atoms with Gasteiger partial charge in [0.05, 0.1) is 22.8 Å². The number of nitrogens with one attached hydrogen (secondary N) is 1. The van der Waals surface area contributed by atoms with Crippen LogP contribution in [0, 0.1) is 0 Å². The largest absolute Gasteiger partial charge is 0.339 e. The summed E-state index contributed by atoms with van der Waals surface area (Å²) in [5, 5.41) is 5.24. The van der Waals surface area contributed by atoms with Crippen molar-refractivity contribution in [1.82, 2.24) is 24.4 Å². The lowest BCUT2D eigenvalue weighted by molar-refractivity contribution is 0.222. The van der Waals surface area contributed by atoms with Crippen molar-refractivity contribution in [1.29, 1.82) is 0 Å². The molecule has 5 aromatic rings. The maximum absolute atomic E-state index is 13.1. The van der Waals surface area contributed by atoms with Crippen LogP contribution in [0.15, 0.2) is 85.3 Å². The van der Waals surface area contributed by atoms with Crippen LogP contribution in [0.1, 0.15) is 6.42 Å². The number of hydrogen-bond acceptors (Lipinski definition) is 5. The average Bonchev–Trinajstić information content (AvgIpc) is 3.57. The zero-order valence-corrected chi connectivity index (χ0v) is 19.4. The third-order valence-corrected chi connectivity index (χ3v) is 6.67. The maximum Gasteiger partial charge on any atom is 0.321 e. The number of imidazole rings is 1. The number of rotatable bonds is 4. The molecule has 1 N–H and O–H groups in total. The first-order valence-electron chi connectivity index (χ1n) is 11.7. The Hall–Kier alpha value is -4.46. The molecule has 8 heteroatoms. The molecule has 1 unspecified atom stereocenters. The molecule has 35 heavy (non-hydrogen) atoms. The molecule has 1 fully saturated rings. The molecule has 1 aliphatic rings. The van der Waals surface area contributed by atoms with Crippen molar-refractivity contribution < 1.29 is 4.79 Å². The van der Waals surface area contributed by atoms with Crippen molar-refractivity contribution in [3.63, 3.8) is 0 Å². The molecule has 3 aromatic carbocycles. The fourth-order valence-electron chi connectivity index (χ4n) is 4.72. The minimum atomic E-state index is -0.0863. The van der Waals surface area contributed by atoms with E-state index in [4.69, 9.17) is 4.98 Å². The summed E-state index contributed by atoms with van der Waals surface area (Å²) in [5.74, 6) is 1.39. The number of carbonyl (C=O) groups excluding carboxylic acids is 1. The Bertz CT molecular complexity index is 1520. The van der Waals surface area contributed by atoms with Gasteiger partial charge < -0.3 is 15.1 Å². The van der Waals surface area contributed by atoms with Gasteiger partial charge in [-0.15, -0.1) is 0 Å². The fourth-order valence-corrected chi connectivity index (χ4v) is 4.72. The lowest BCUT2D eigenvalue weighted by atomic mass is 10.1. The van der Waals surface area contributed by atoms with E-state index in [0.29, 0.717) is 19.0 Å². The number of likely N-dealkylation sites (tertiary alicyclic amines) is 1. The van der Waals surface area contributed by atoms with Gasteiger partial charge in [0.15, 0.2) is 0 Å². The van der Waals surface area contributed by atoms with Crippen LogP contribution in [0.3, 0.4) is 0 Å². The Morgan fingerprint density at radius 2 is 1.83 bits per heavy atom. The lowest BCUT2D eigenvalue weighted by Crippen LogP contribution is -2.39. The average molecular weight is 464 g/mol. The number of aromatic nitrogens is 4. The van der Waals surface area contributed by atoms with Crippen molar-refractivity contribution in [2.24, 2.45) is 0 Å². The maximum atomic E-state index is 13.1. The van der Waals surface area contributed by atoms with Gasteiger partial charge in [-0.3, -0.25) is 4.57 Å². The topological polar surface area (TPSA) is 79.2 Å². The van der Waals surface area contributed by atoms with E-state index in [1.807, 2.05) is 89.3 Å². The van der Waals surface area contributed by atoms with E-state index in [9.17, 15) is 4.79 Å². The number of hydrogen-bond donors (Lipinski definition) is 1. The van der Waals surface area contributed by atoms with E-state index in [-0.39, 0.29) is 12.1 Å². The smallest absolute Gasteiger partial charge is 0.321 e. The van der Waals surface area contributed by atoms with E-state index in [2.05, 4.69) is 20.2 Å². The van der Waals surface area contributed by atoms with Gasteiger partial charge >= 0.3 is 6.03 Å². The number of amides is 2. The Morgan fingerprint density at radius 3 is 2.77 bits per heavy atom. The molecule has 0 aliphatic carbocycles. The monoisotopic (exact) mass is 463 g/mol. The first-order valence-corrected chi connectivity index (χ1v) is 11.7. The zero-order valence-electron chi connectivity index (χ0n) is 19.4. The van der Waals surface area contributed by atoms with Crippen LogP contribution in [-0.4, -0.2) is 56.6 Å². The summed E-state index contributed by atoms with van der Waals surface area (Å²) in [6.07, 6.45) is 4.40. The van der Waals surface area contributed by atoms with Gasteiger partial charge in [0.25, 0.3) is 0 Å². The summed E-state index contributed by atoms with van der Waals surface area (Å²) >= 11 is 0. The van der Waals surface area contributed by atoms with Gasteiger partial charge in [-0.1, -0.05) is 48.5 Å². The zero-order chi connectivity index (χ0) is 23.8. The molecule has 174 valence electrons. The molecular weight excluding hydrogens is 438 g/mol. The van der Waals surface area contributed by atoms with E-state index in [1.165, 1.54) is 0 Å². The van der Waals surface area contributed by atoms with Gasteiger partial charge in [-0.25, -0.2) is 14.8 Å². The summed E-state index contributed by atoms with van der Waals surface area (Å²) in [6, 6.07) is 23.9. The highest BCUT2D eigenvalue weighted by Gasteiger charge is 2.30. The van der Waals surface area contributed by atoms with Crippen LogP contribution >= 0.6 is 0 Å². The van der Waals surface area contributed by atoms with Crippen molar-refractivity contribution in [2.75, 3.05) is 30.4 Å². The van der Waals surface area contributed by atoms with Crippen molar-refractivity contribution >= 4 is 39.5 Å². The number of benzene rings is 3. The SMILES string of the molecule is CN(c1nccc(-n2cnc3ccccc32)n1)C1CCN(C(=O)Nc2cccc3ccccc23)C1. The number of nitrogens with zero attached hydrogens (tertiary/aromatic N) is 6. The van der Waals surface area contributed by atoms with Crippen LogP contribution in [-0.2, 0) is 0 Å². The number of para-hydroxylation sites is 2. The normalized spacial score (nSPS) is 15.6. The van der Waals surface area contributed by atoms with E-state index in [0.717, 1.165) is 39.7 Å². The van der Waals surface area contributed by atoms with Crippen LogP contribution in [0.2, 0.25) is 0 Å². The number of anilines is 2. The van der Waals surface area contributed by atoms with Crippen LogP contribution in [0.4, 0.5) is 16.4 Å². The van der Waals surface area contributed by atoms with Gasteiger partial charge in [-0.2, -0.15) is 4.98 Å². The Kier molecular flexibility index (Phi) is 5.25. The Labute approximate surface area is 202 Å². The van der Waals surface area contributed by atoms with Crippen molar-refractivity contribution in [2.45, 2.75) is 12.5 Å². The molecule has 1 aliphatic heterocycles. The van der Waals surface area contributed by atoms with Gasteiger partial charge in [0.1, 0.15) is 12.1 Å². The molecule has 1 atom stereocenters. The van der Waals surface area contributed by atoms with Gasteiger partial charge in [-0.05, 0) is 36.1 Å². The standard InChI is InChI=1S/C27H25N7O/c1-32(26-28-15-13-25(31-26)34-18-29-23-10-4-5-12-24(23)34)20-14-16-33(17-20)27(35)30-22-11-6-8-19-7-2-3-9-21(19)22/h2-13,15,18,20H,14,16-17H2,1H3,(H,30,35). The summed E-state index contributed by atoms with van der Waals surface area (Å²) in [7, 11) is 1.99. The first kappa shape index (κ1) is 21.1. The molecule has 3 heterocycles. The summed E-state index contributed by atoms with van der Waals surface area (Å²) < 4.78 is 1.97. The molecule has 0 bridgehead atoms. The van der Waals surface area contributed by atoms with E-state index >= 15 is 0 Å². The lowest BCUT2D eigenvalue weighted by Gasteiger charge is -2.25. The molecule has 6 rings (SSSR count). The molecule has 0 saturated carbocycles. The predicted molar refractivity (Wildman–Crippen MR) is 138 cm³/mol. The molecule has 0 spiro atoms. The number of fused-ring (bicyclic) bond motifs is 2. The second-order valence-corrected chi connectivity index (χ2v) is 8.77. The summed E-state index contributed by atoms with van der Waals surface area (Å²) in [6.45, 7) is 1.28. The second kappa shape index (κ2) is 8.72. The van der Waals surface area contributed by atoms with Gasteiger partial charge in [0.2, 0.25) is 5.95 Å². The van der Waals surface area contributed by atoms with E-state index in [1.54, 1.807) is 12.5 Å². The van der Waals surface area contributed by atoms with Crippen LogP contribution in [0.5, 0.6) is 0 Å². The second-order valence-electron chi connectivity index (χ2n) is 8.77. The third kappa shape index (κ3) is 3.93. The summed E-state index contributed by atoms with van der Waals surface area (Å²) in [4.78, 5) is 30.7. The molecule has 8 nitrogen and oxygen atoms in total. The molecular formula is C27H25N7O. The highest BCUT2D eigenvalue weighted by atomic mass is 16.2. The Balaban J connectivity index is 1.17. The molecule has 2 aromatic heterocycles. The predicted octanol–water partition coefficient (Wildman–Crippen LogP) is 4.71. The quantitative estimate of drug-likeness (QED) is 0.418. The number of likely N-dealkylation sites (N-methyl/N-ethyl adjacent to an activating group) is 1. The number of carbonyl (C=O) groups is 1. The van der Waals surface area contributed by atoms with Crippen molar-refractivity contribution in [3.8, 4) is 5.82 Å². The number of urea groups is 1. The highest BCUT2D eigenvalue weighted by molar-refractivity contribution is 6.01. The molecule has 0 radical (unpaired) electrons. The van der Waals surface area contributed by atoms with Gasteiger partial charge in [0, 0.05) is 31.7 Å². The summed E-state index contributed by atoms with van der Waals surface area (Å²) in [5.41, 5.74) is 2.75. The van der Waals surface area contributed by atoms with Crippen LogP contribution in [0.25, 0.3) is 27.6 Å².